The second-order valence-corrected chi connectivity index (χ2v) is 5.62. The lowest BCUT2D eigenvalue weighted by atomic mass is 9.85. The molecule has 8 heteroatoms. The number of esters is 2. The number of cyclic esters (lactones) is 2. The third-order valence-electron chi connectivity index (χ3n) is 3.47. The molecule has 1 aromatic carbocycles. The van der Waals surface area contributed by atoms with E-state index in [0.29, 0.717) is 11.3 Å². The second kappa shape index (κ2) is 6.23. The van der Waals surface area contributed by atoms with E-state index in [0.717, 1.165) is 0 Å². The lowest BCUT2D eigenvalue weighted by molar-refractivity contribution is -0.484. The lowest BCUT2D eigenvalue weighted by Crippen LogP contribution is -2.49. The summed E-state index contributed by atoms with van der Waals surface area (Å²) in [6.07, 6.45) is 0. The molecule has 8 nitrogen and oxygen atoms in total. The number of methoxy groups -OCH3 is 1. The quantitative estimate of drug-likeness (QED) is 0.350. The molecule has 0 saturated carbocycles. The number of hydrogen-bond donors (Lipinski definition) is 0. The molecule has 2 rings (SSSR count). The van der Waals surface area contributed by atoms with E-state index in [2.05, 4.69) is 0 Å². The van der Waals surface area contributed by atoms with Crippen molar-refractivity contribution in [3.63, 3.8) is 0 Å². The number of ether oxygens (including phenoxy) is 3. The van der Waals surface area contributed by atoms with Crippen molar-refractivity contribution >= 4 is 11.9 Å². The van der Waals surface area contributed by atoms with Crippen molar-refractivity contribution in [3.8, 4) is 5.75 Å². The normalized spacial score (nSPS) is 18.7. The molecular formula is C15H17NO7. The van der Waals surface area contributed by atoms with Gasteiger partial charge in [0.2, 0.25) is 6.54 Å². The molecule has 124 valence electrons. The second-order valence-electron chi connectivity index (χ2n) is 5.62. The summed E-state index contributed by atoms with van der Waals surface area (Å²) in [4.78, 5) is 34.8. The summed E-state index contributed by atoms with van der Waals surface area (Å²) in [6, 6.07) is 6.43. The number of carbonyl (C=O) groups excluding carboxylic acids is 2. The molecule has 0 unspecified atom stereocenters. The topological polar surface area (TPSA) is 105 Å². The van der Waals surface area contributed by atoms with Crippen molar-refractivity contribution < 1.29 is 28.7 Å². The van der Waals surface area contributed by atoms with Crippen LogP contribution in [0, 0.1) is 16.0 Å². The molecule has 0 bridgehead atoms. The molecule has 0 radical (unpaired) electrons. The molecule has 1 atom stereocenters. The van der Waals surface area contributed by atoms with E-state index in [-0.39, 0.29) is 0 Å². The Hall–Kier alpha value is -2.64. The van der Waals surface area contributed by atoms with Crippen LogP contribution in [0.5, 0.6) is 5.75 Å². The van der Waals surface area contributed by atoms with Gasteiger partial charge < -0.3 is 14.2 Å². The van der Waals surface area contributed by atoms with Crippen LogP contribution in [-0.2, 0) is 19.1 Å². The summed E-state index contributed by atoms with van der Waals surface area (Å²) in [7, 11) is 1.45. The van der Waals surface area contributed by atoms with Crippen LogP contribution in [0.4, 0.5) is 0 Å². The predicted octanol–water partition coefficient (Wildman–Crippen LogP) is 1.51. The van der Waals surface area contributed by atoms with Crippen molar-refractivity contribution in [2.45, 2.75) is 25.6 Å². The summed E-state index contributed by atoms with van der Waals surface area (Å²) in [5.41, 5.74) is 0.430. The lowest BCUT2D eigenvalue weighted by Gasteiger charge is -2.35. The van der Waals surface area contributed by atoms with Crippen LogP contribution in [-0.4, -0.2) is 36.3 Å². The van der Waals surface area contributed by atoms with E-state index >= 15 is 0 Å². The molecule has 1 fully saturated rings. The molecule has 0 aliphatic carbocycles. The van der Waals surface area contributed by atoms with Crippen LogP contribution in [0.1, 0.15) is 25.3 Å². The van der Waals surface area contributed by atoms with E-state index in [1.165, 1.54) is 21.0 Å². The van der Waals surface area contributed by atoms with Crippen LogP contribution in [0.3, 0.4) is 0 Å². The summed E-state index contributed by atoms with van der Waals surface area (Å²) in [5, 5.41) is 11.0. The Bertz CT molecular complexity index is 620. The van der Waals surface area contributed by atoms with E-state index in [1.54, 1.807) is 24.3 Å². The smallest absolute Gasteiger partial charge is 0.324 e. The highest BCUT2D eigenvalue weighted by atomic mass is 16.7. The molecule has 0 aromatic heterocycles. The number of nitro groups is 1. The first kappa shape index (κ1) is 16.7. The Kier molecular flexibility index (Phi) is 4.53. The number of rotatable bonds is 5. The number of carbonyl (C=O) groups is 2. The zero-order chi connectivity index (χ0) is 17.2. The Morgan fingerprint density at radius 3 is 2.43 bits per heavy atom. The van der Waals surface area contributed by atoms with Crippen molar-refractivity contribution in [1.29, 1.82) is 0 Å². The molecule has 1 aliphatic heterocycles. The van der Waals surface area contributed by atoms with Crippen molar-refractivity contribution in [1.82, 2.24) is 0 Å². The molecule has 0 spiro atoms. The number of benzene rings is 1. The maximum Gasteiger partial charge on any atom is 0.324 e. The highest BCUT2D eigenvalue weighted by Crippen LogP contribution is 2.34. The minimum absolute atomic E-state index is 0.430. The van der Waals surface area contributed by atoms with Gasteiger partial charge in [0.1, 0.15) is 5.75 Å². The monoisotopic (exact) mass is 323 g/mol. The third-order valence-corrected chi connectivity index (χ3v) is 3.47. The van der Waals surface area contributed by atoms with E-state index in [1.807, 2.05) is 0 Å². The van der Waals surface area contributed by atoms with E-state index in [4.69, 9.17) is 14.2 Å². The standard InChI is InChI=1S/C15H17NO7/c1-15(2)22-13(17)12(14(18)23-15)11(8-16(19)20)9-5-4-6-10(7-9)21-3/h4-7,11-12H,8H2,1-3H3/t11-/m0/s1. The number of hydrogen-bond acceptors (Lipinski definition) is 7. The SMILES string of the molecule is COc1cccc([C@H](C[N+](=O)[O-])C2C(=O)OC(C)(C)OC2=O)c1. The van der Waals surface area contributed by atoms with Crippen LogP contribution in [0.2, 0.25) is 0 Å². The minimum atomic E-state index is -1.39. The summed E-state index contributed by atoms with van der Waals surface area (Å²) >= 11 is 0. The Balaban J connectivity index is 2.40. The summed E-state index contributed by atoms with van der Waals surface area (Å²) in [6.45, 7) is 2.24. The first-order valence-electron chi connectivity index (χ1n) is 6.95. The van der Waals surface area contributed by atoms with Gasteiger partial charge in [0.15, 0.2) is 5.92 Å². The molecule has 1 aromatic rings. The molecule has 23 heavy (non-hydrogen) atoms. The van der Waals surface area contributed by atoms with Crippen LogP contribution < -0.4 is 4.74 Å². The van der Waals surface area contributed by atoms with Gasteiger partial charge in [-0.1, -0.05) is 12.1 Å². The van der Waals surface area contributed by atoms with E-state index in [9.17, 15) is 19.7 Å². The van der Waals surface area contributed by atoms with Crippen molar-refractivity contribution in [3.05, 3.63) is 39.9 Å². The molecule has 1 saturated heterocycles. The zero-order valence-electron chi connectivity index (χ0n) is 13.0. The molecule has 1 heterocycles. The average molecular weight is 323 g/mol. The van der Waals surface area contributed by atoms with E-state index < -0.39 is 41.0 Å². The van der Waals surface area contributed by atoms with Crippen molar-refractivity contribution in [2.75, 3.05) is 13.7 Å². The van der Waals surface area contributed by atoms with Gasteiger partial charge in [-0.15, -0.1) is 0 Å². The fourth-order valence-corrected chi connectivity index (χ4v) is 2.49. The third kappa shape index (κ3) is 3.77. The number of nitrogens with zero attached hydrogens (tertiary/aromatic N) is 1. The molecule has 1 aliphatic rings. The van der Waals surface area contributed by atoms with Gasteiger partial charge in [0, 0.05) is 18.8 Å². The summed E-state index contributed by atoms with van der Waals surface area (Å²) in [5.74, 6) is -4.97. The van der Waals surface area contributed by atoms with Gasteiger partial charge >= 0.3 is 11.9 Å². The highest BCUT2D eigenvalue weighted by molar-refractivity contribution is 5.97. The van der Waals surface area contributed by atoms with Gasteiger partial charge in [-0.3, -0.25) is 19.7 Å². The Labute approximate surface area is 132 Å². The first-order valence-corrected chi connectivity index (χ1v) is 6.95. The minimum Gasteiger partial charge on any atom is -0.497 e. The van der Waals surface area contributed by atoms with Crippen LogP contribution in [0.25, 0.3) is 0 Å². The van der Waals surface area contributed by atoms with Crippen LogP contribution in [0.15, 0.2) is 24.3 Å². The van der Waals surface area contributed by atoms with Gasteiger partial charge in [0.25, 0.3) is 5.79 Å². The highest BCUT2D eigenvalue weighted by Gasteiger charge is 2.49. The van der Waals surface area contributed by atoms with Crippen molar-refractivity contribution in [2.24, 2.45) is 5.92 Å². The van der Waals surface area contributed by atoms with Gasteiger partial charge in [-0.05, 0) is 17.7 Å². The largest absolute Gasteiger partial charge is 0.497 e. The molecule has 0 N–H and O–H groups in total. The molecular weight excluding hydrogens is 306 g/mol. The fraction of sp³-hybridized carbons (Fsp3) is 0.467. The predicted molar refractivity (Wildman–Crippen MR) is 77.3 cm³/mol. The fourth-order valence-electron chi connectivity index (χ4n) is 2.49. The average Bonchev–Trinajstić information content (AvgIpc) is 2.44. The Morgan fingerprint density at radius 1 is 1.30 bits per heavy atom. The summed E-state index contributed by atoms with van der Waals surface area (Å²) < 4.78 is 15.2. The van der Waals surface area contributed by atoms with Crippen LogP contribution >= 0.6 is 0 Å². The first-order chi connectivity index (χ1) is 10.7. The maximum absolute atomic E-state index is 12.2. The Morgan fingerprint density at radius 2 is 1.91 bits per heavy atom. The zero-order valence-corrected chi connectivity index (χ0v) is 13.0. The van der Waals surface area contributed by atoms with Gasteiger partial charge in [0.05, 0.1) is 13.0 Å². The van der Waals surface area contributed by atoms with Gasteiger partial charge in [-0.2, -0.15) is 0 Å². The van der Waals surface area contributed by atoms with Gasteiger partial charge in [-0.25, -0.2) is 0 Å². The maximum atomic E-state index is 12.2. The molecule has 0 amide bonds.